The second-order valence-corrected chi connectivity index (χ2v) is 5.50. The number of benzene rings is 2. The van der Waals surface area contributed by atoms with E-state index in [-0.39, 0.29) is 5.91 Å². The van der Waals surface area contributed by atoms with E-state index in [0.29, 0.717) is 15.2 Å². The zero-order valence-electron chi connectivity index (χ0n) is 9.74. The van der Waals surface area contributed by atoms with Crippen molar-refractivity contribution >= 4 is 50.7 Å². The van der Waals surface area contributed by atoms with Crippen LogP contribution in [0.1, 0.15) is 10.9 Å². The van der Waals surface area contributed by atoms with E-state index in [1.807, 2.05) is 30.3 Å². The highest BCUT2D eigenvalue weighted by Crippen LogP contribution is 2.31. The van der Waals surface area contributed by atoms with Gasteiger partial charge in [-0.1, -0.05) is 48.0 Å². The molecule has 2 rings (SSSR count). The van der Waals surface area contributed by atoms with Gasteiger partial charge in [-0.2, -0.15) is 0 Å². The second-order valence-electron chi connectivity index (χ2n) is 3.86. The van der Waals surface area contributed by atoms with Gasteiger partial charge in [0.05, 0.1) is 15.2 Å². The predicted molar refractivity (Wildman–Crippen MR) is 82.8 cm³/mol. The normalized spacial score (nSPS) is 11.9. The standard InChI is InChI=1S/C14H10BrCl2NO/c15-12-10(16)7-4-8-11(12)18-14(19)13(17)9-5-2-1-3-6-9/h1-8,13H,(H,18,19). The van der Waals surface area contributed by atoms with Crippen LogP contribution in [0.3, 0.4) is 0 Å². The Hall–Kier alpha value is -1.03. The Morgan fingerprint density at radius 3 is 2.47 bits per heavy atom. The van der Waals surface area contributed by atoms with Gasteiger partial charge in [0.1, 0.15) is 5.38 Å². The van der Waals surface area contributed by atoms with Crippen LogP contribution in [0.25, 0.3) is 0 Å². The van der Waals surface area contributed by atoms with Crippen molar-refractivity contribution in [3.8, 4) is 0 Å². The molecule has 1 atom stereocenters. The third-order valence-corrected chi connectivity index (χ3v) is 4.38. The highest BCUT2D eigenvalue weighted by molar-refractivity contribution is 9.10. The van der Waals surface area contributed by atoms with Crippen molar-refractivity contribution in [1.82, 2.24) is 0 Å². The average molecular weight is 359 g/mol. The molecule has 1 N–H and O–H groups in total. The van der Waals surface area contributed by atoms with E-state index in [9.17, 15) is 4.79 Å². The summed E-state index contributed by atoms with van der Waals surface area (Å²) in [5.41, 5.74) is 1.35. The molecular weight excluding hydrogens is 349 g/mol. The van der Waals surface area contributed by atoms with Crippen molar-refractivity contribution in [2.45, 2.75) is 5.38 Å². The summed E-state index contributed by atoms with van der Waals surface area (Å²) in [6.07, 6.45) is 0. The number of hydrogen-bond donors (Lipinski definition) is 1. The molecule has 0 heterocycles. The molecule has 0 bridgehead atoms. The van der Waals surface area contributed by atoms with Gasteiger partial charge in [-0.05, 0) is 33.6 Å². The molecule has 0 aliphatic rings. The lowest BCUT2D eigenvalue weighted by molar-refractivity contribution is -0.116. The molecule has 0 aliphatic carbocycles. The molecule has 5 heteroatoms. The lowest BCUT2D eigenvalue weighted by Crippen LogP contribution is -2.17. The lowest BCUT2D eigenvalue weighted by atomic mass is 10.1. The molecule has 0 spiro atoms. The van der Waals surface area contributed by atoms with E-state index in [0.717, 1.165) is 5.56 Å². The van der Waals surface area contributed by atoms with Gasteiger partial charge in [-0.25, -0.2) is 0 Å². The van der Waals surface area contributed by atoms with Crippen LogP contribution in [0.15, 0.2) is 53.0 Å². The number of rotatable bonds is 3. The number of amides is 1. The van der Waals surface area contributed by atoms with Crippen LogP contribution in [0, 0.1) is 0 Å². The summed E-state index contributed by atoms with van der Waals surface area (Å²) in [7, 11) is 0. The topological polar surface area (TPSA) is 29.1 Å². The van der Waals surface area contributed by atoms with Gasteiger partial charge in [0.15, 0.2) is 0 Å². The molecule has 0 aliphatic heterocycles. The van der Waals surface area contributed by atoms with Crippen molar-refractivity contribution < 1.29 is 4.79 Å². The Bertz CT molecular complexity index is 589. The van der Waals surface area contributed by atoms with Crippen LogP contribution < -0.4 is 5.32 Å². The first kappa shape index (κ1) is 14.4. The molecular formula is C14H10BrCl2NO. The Kier molecular flexibility index (Phi) is 4.86. The lowest BCUT2D eigenvalue weighted by Gasteiger charge is -2.12. The van der Waals surface area contributed by atoms with E-state index in [1.54, 1.807) is 18.2 Å². The molecule has 0 saturated heterocycles. The first-order valence-electron chi connectivity index (χ1n) is 5.53. The van der Waals surface area contributed by atoms with Gasteiger partial charge >= 0.3 is 0 Å². The largest absolute Gasteiger partial charge is 0.323 e. The van der Waals surface area contributed by atoms with Crippen LogP contribution in [0.2, 0.25) is 5.02 Å². The molecule has 0 fully saturated rings. The summed E-state index contributed by atoms with van der Waals surface area (Å²) >= 11 is 15.4. The number of nitrogens with one attached hydrogen (secondary N) is 1. The number of hydrogen-bond acceptors (Lipinski definition) is 1. The van der Waals surface area contributed by atoms with Crippen molar-refractivity contribution in [2.75, 3.05) is 5.32 Å². The predicted octanol–water partition coefficient (Wildman–Crippen LogP) is 5.02. The summed E-state index contributed by atoms with van der Waals surface area (Å²) in [4.78, 5) is 12.1. The van der Waals surface area contributed by atoms with Crippen LogP contribution in [0.5, 0.6) is 0 Å². The summed E-state index contributed by atoms with van der Waals surface area (Å²) in [5.74, 6) is -0.296. The molecule has 0 radical (unpaired) electrons. The third kappa shape index (κ3) is 3.50. The van der Waals surface area contributed by atoms with Crippen LogP contribution >= 0.6 is 39.1 Å². The minimum atomic E-state index is -0.743. The van der Waals surface area contributed by atoms with Gasteiger partial charge < -0.3 is 5.32 Å². The number of carbonyl (C=O) groups is 1. The maximum atomic E-state index is 12.1. The van der Waals surface area contributed by atoms with Crippen molar-refractivity contribution in [2.24, 2.45) is 0 Å². The van der Waals surface area contributed by atoms with Gasteiger partial charge in [-0.3, -0.25) is 4.79 Å². The first-order valence-corrected chi connectivity index (χ1v) is 7.14. The van der Waals surface area contributed by atoms with E-state index in [2.05, 4.69) is 21.2 Å². The molecule has 2 aromatic rings. The van der Waals surface area contributed by atoms with E-state index in [4.69, 9.17) is 23.2 Å². The Labute approximate surface area is 129 Å². The van der Waals surface area contributed by atoms with Gasteiger partial charge in [0.25, 0.3) is 0 Å². The number of carbonyl (C=O) groups excluding carboxylic acids is 1. The van der Waals surface area contributed by atoms with E-state index >= 15 is 0 Å². The first-order chi connectivity index (χ1) is 9.09. The molecule has 0 aromatic heterocycles. The fourth-order valence-corrected chi connectivity index (χ4v) is 2.31. The minimum absolute atomic E-state index is 0.296. The number of halogens is 3. The molecule has 1 unspecified atom stereocenters. The summed E-state index contributed by atoms with van der Waals surface area (Å²) in [5, 5.41) is 2.53. The SMILES string of the molecule is O=C(Nc1cccc(Cl)c1Br)C(Cl)c1ccccc1. The third-order valence-electron chi connectivity index (χ3n) is 2.53. The zero-order valence-corrected chi connectivity index (χ0v) is 12.8. The maximum Gasteiger partial charge on any atom is 0.247 e. The fourth-order valence-electron chi connectivity index (χ4n) is 1.57. The minimum Gasteiger partial charge on any atom is -0.323 e. The van der Waals surface area contributed by atoms with Gasteiger partial charge in [0, 0.05) is 0 Å². The molecule has 2 aromatic carbocycles. The monoisotopic (exact) mass is 357 g/mol. The van der Waals surface area contributed by atoms with Crippen LogP contribution in [0.4, 0.5) is 5.69 Å². The zero-order chi connectivity index (χ0) is 13.8. The maximum absolute atomic E-state index is 12.1. The number of anilines is 1. The van der Waals surface area contributed by atoms with Crippen molar-refractivity contribution in [1.29, 1.82) is 0 Å². The summed E-state index contributed by atoms with van der Waals surface area (Å²) < 4.78 is 0.641. The molecule has 2 nitrogen and oxygen atoms in total. The fraction of sp³-hybridized carbons (Fsp3) is 0.0714. The van der Waals surface area contributed by atoms with Gasteiger partial charge in [0.2, 0.25) is 5.91 Å². The molecule has 1 amide bonds. The summed E-state index contributed by atoms with van der Waals surface area (Å²) in [6, 6.07) is 14.4. The van der Waals surface area contributed by atoms with Crippen LogP contribution in [-0.2, 0) is 4.79 Å². The Morgan fingerprint density at radius 2 is 1.79 bits per heavy atom. The van der Waals surface area contributed by atoms with Crippen molar-refractivity contribution in [3.63, 3.8) is 0 Å². The average Bonchev–Trinajstić information content (AvgIpc) is 2.44. The van der Waals surface area contributed by atoms with Gasteiger partial charge in [-0.15, -0.1) is 11.6 Å². The summed E-state index contributed by atoms with van der Waals surface area (Å²) in [6.45, 7) is 0. The smallest absolute Gasteiger partial charge is 0.247 e. The molecule has 98 valence electrons. The molecule has 19 heavy (non-hydrogen) atoms. The van der Waals surface area contributed by atoms with E-state index < -0.39 is 5.38 Å². The highest BCUT2D eigenvalue weighted by Gasteiger charge is 2.18. The highest BCUT2D eigenvalue weighted by atomic mass is 79.9. The van der Waals surface area contributed by atoms with Crippen LogP contribution in [-0.4, -0.2) is 5.91 Å². The second kappa shape index (κ2) is 6.42. The van der Waals surface area contributed by atoms with E-state index in [1.165, 1.54) is 0 Å². The molecule has 0 saturated carbocycles. The Balaban J connectivity index is 2.15. The number of alkyl halides is 1. The van der Waals surface area contributed by atoms with Crippen molar-refractivity contribution in [3.05, 3.63) is 63.6 Å². The Morgan fingerprint density at radius 1 is 1.11 bits per heavy atom. The quantitative estimate of drug-likeness (QED) is 0.766.